The van der Waals surface area contributed by atoms with Crippen molar-refractivity contribution in [2.75, 3.05) is 13.6 Å². The second-order valence-electron chi connectivity index (χ2n) is 6.04. The Morgan fingerprint density at radius 3 is 2.38 bits per heavy atom. The summed E-state index contributed by atoms with van der Waals surface area (Å²) in [5, 5.41) is 14.5. The fraction of sp³-hybridized carbons (Fsp3) is 0.300. The first-order valence-corrected chi connectivity index (χ1v) is 8.76. The minimum atomic E-state index is 0.354. The van der Waals surface area contributed by atoms with Crippen LogP contribution in [0, 0.1) is 0 Å². The van der Waals surface area contributed by atoms with Gasteiger partial charge in [-0.05, 0) is 38.4 Å². The number of hydrogen-bond acceptors (Lipinski definition) is 3. The Morgan fingerprint density at radius 1 is 0.917 bits per heavy atom. The molecular formula is C20H22ClN3. The van der Waals surface area contributed by atoms with Gasteiger partial charge in [-0.25, -0.2) is 0 Å². The molecule has 0 saturated heterocycles. The maximum atomic E-state index is 6.23. The maximum absolute atomic E-state index is 6.23. The van der Waals surface area contributed by atoms with E-state index in [4.69, 9.17) is 11.6 Å². The smallest absolute Gasteiger partial charge is 0.159 e. The van der Waals surface area contributed by atoms with E-state index in [9.17, 15) is 0 Å². The molecule has 1 unspecified atom stereocenters. The molecule has 0 radical (unpaired) electrons. The normalized spacial score (nSPS) is 12.4. The van der Waals surface area contributed by atoms with E-state index < -0.39 is 0 Å². The van der Waals surface area contributed by atoms with Crippen molar-refractivity contribution in [3.63, 3.8) is 0 Å². The molecule has 0 aliphatic rings. The fourth-order valence-corrected chi connectivity index (χ4v) is 3.32. The van der Waals surface area contributed by atoms with Crippen LogP contribution in [0.25, 0.3) is 10.8 Å². The molecule has 1 heterocycles. The van der Waals surface area contributed by atoms with Crippen LogP contribution in [-0.2, 0) is 6.42 Å². The quantitative estimate of drug-likeness (QED) is 0.683. The van der Waals surface area contributed by atoms with Gasteiger partial charge in [0, 0.05) is 16.7 Å². The molecule has 3 rings (SSSR count). The highest BCUT2D eigenvalue weighted by atomic mass is 35.5. The van der Waals surface area contributed by atoms with E-state index in [1.54, 1.807) is 0 Å². The third kappa shape index (κ3) is 3.92. The van der Waals surface area contributed by atoms with E-state index in [0.717, 1.165) is 42.3 Å². The maximum Gasteiger partial charge on any atom is 0.159 e. The van der Waals surface area contributed by atoms with Crippen LogP contribution in [0.4, 0.5) is 0 Å². The Kier molecular flexibility index (Phi) is 5.78. The lowest BCUT2D eigenvalue weighted by atomic mass is 9.91. The van der Waals surface area contributed by atoms with E-state index in [-0.39, 0.29) is 0 Å². The van der Waals surface area contributed by atoms with Crippen molar-refractivity contribution in [2.24, 2.45) is 0 Å². The summed E-state index contributed by atoms with van der Waals surface area (Å²) in [6.45, 7) is 0.956. The van der Waals surface area contributed by atoms with Gasteiger partial charge in [-0.3, -0.25) is 0 Å². The summed E-state index contributed by atoms with van der Waals surface area (Å²) >= 11 is 6.23. The summed E-state index contributed by atoms with van der Waals surface area (Å²) in [6, 6.07) is 18.7. The largest absolute Gasteiger partial charge is 0.320 e. The van der Waals surface area contributed by atoms with Crippen molar-refractivity contribution in [3.05, 3.63) is 71.0 Å². The van der Waals surface area contributed by atoms with E-state index in [1.165, 1.54) is 5.56 Å². The number of halogens is 1. The Balaban J connectivity index is 1.89. The first kappa shape index (κ1) is 16.9. The van der Waals surface area contributed by atoms with Crippen LogP contribution < -0.4 is 5.32 Å². The lowest BCUT2D eigenvalue weighted by Crippen LogP contribution is -2.14. The molecule has 0 saturated carbocycles. The van der Waals surface area contributed by atoms with Crippen LogP contribution in [0.1, 0.15) is 30.0 Å². The highest BCUT2D eigenvalue weighted by Gasteiger charge is 2.18. The standard InChI is InChI=1S/C20H22ClN3/c1-22-14-13-16(12-11-15-7-3-2-4-8-15)19-17-9-5-6-10-18(17)20(21)24-23-19/h2-10,16,22H,11-14H2,1H3. The number of aryl methyl sites for hydroxylation is 1. The first-order chi connectivity index (χ1) is 11.8. The predicted octanol–water partition coefficient (Wildman–Crippen LogP) is 4.61. The summed E-state index contributed by atoms with van der Waals surface area (Å²) < 4.78 is 0. The van der Waals surface area contributed by atoms with E-state index in [2.05, 4.69) is 51.9 Å². The molecule has 124 valence electrons. The van der Waals surface area contributed by atoms with Crippen LogP contribution in [0.3, 0.4) is 0 Å². The van der Waals surface area contributed by atoms with Gasteiger partial charge in [0.25, 0.3) is 0 Å². The summed E-state index contributed by atoms with van der Waals surface area (Å²) in [7, 11) is 1.99. The third-order valence-electron chi connectivity index (χ3n) is 4.42. The molecule has 3 aromatic rings. The average molecular weight is 340 g/mol. The summed E-state index contributed by atoms with van der Waals surface area (Å²) in [5.41, 5.74) is 2.42. The zero-order valence-corrected chi connectivity index (χ0v) is 14.6. The molecule has 2 aromatic carbocycles. The minimum absolute atomic E-state index is 0.354. The predicted molar refractivity (Wildman–Crippen MR) is 101 cm³/mol. The van der Waals surface area contributed by atoms with Gasteiger partial charge in [0.2, 0.25) is 0 Å². The first-order valence-electron chi connectivity index (χ1n) is 8.39. The summed E-state index contributed by atoms with van der Waals surface area (Å²) in [6.07, 6.45) is 3.11. The van der Waals surface area contributed by atoms with Crippen molar-refractivity contribution in [1.29, 1.82) is 0 Å². The van der Waals surface area contributed by atoms with Crippen molar-refractivity contribution in [3.8, 4) is 0 Å². The number of fused-ring (bicyclic) bond motifs is 1. The van der Waals surface area contributed by atoms with Crippen molar-refractivity contribution in [1.82, 2.24) is 15.5 Å². The molecule has 1 N–H and O–H groups in total. The molecule has 4 heteroatoms. The van der Waals surface area contributed by atoms with Crippen molar-refractivity contribution < 1.29 is 0 Å². The zero-order valence-electron chi connectivity index (χ0n) is 13.9. The molecule has 0 fully saturated rings. The second kappa shape index (κ2) is 8.22. The second-order valence-corrected chi connectivity index (χ2v) is 6.39. The third-order valence-corrected chi connectivity index (χ3v) is 4.70. The van der Waals surface area contributed by atoms with Crippen LogP contribution in [0.15, 0.2) is 54.6 Å². The van der Waals surface area contributed by atoms with Gasteiger partial charge in [-0.15, -0.1) is 5.10 Å². The van der Waals surface area contributed by atoms with Crippen molar-refractivity contribution in [2.45, 2.75) is 25.2 Å². The molecule has 1 aromatic heterocycles. The molecule has 0 aliphatic heterocycles. The molecule has 0 aliphatic carbocycles. The molecular weight excluding hydrogens is 318 g/mol. The lowest BCUT2D eigenvalue weighted by Gasteiger charge is -2.18. The van der Waals surface area contributed by atoms with Crippen LogP contribution in [0.2, 0.25) is 5.15 Å². The summed E-state index contributed by atoms with van der Waals surface area (Å²) in [4.78, 5) is 0. The molecule has 0 bridgehead atoms. The fourth-order valence-electron chi connectivity index (χ4n) is 3.12. The van der Waals surface area contributed by atoms with E-state index in [1.807, 2.05) is 25.2 Å². The number of aromatic nitrogens is 2. The Morgan fingerprint density at radius 2 is 1.62 bits per heavy atom. The van der Waals surface area contributed by atoms with E-state index >= 15 is 0 Å². The highest BCUT2D eigenvalue weighted by Crippen LogP contribution is 2.31. The Bertz CT molecular complexity index is 789. The SMILES string of the molecule is CNCCC(CCc1ccccc1)c1nnc(Cl)c2ccccc12. The van der Waals surface area contributed by atoms with Gasteiger partial charge in [0.05, 0.1) is 5.69 Å². The summed E-state index contributed by atoms with van der Waals surface area (Å²) in [5.74, 6) is 0.354. The molecule has 0 spiro atoms. The number of nitrogens with one attached hydrogen (secondary N) is 1. The molecule has 24 heavy (non-hydrogen) atoms. The van der Waals surface area contributed by atoms with Gasteiger partial charge in [-0.1, -0.05) is 66.2 Å². The Labute approximate surface area is 148 Å². The topological polar surface area (TPSA) is 37.8 Å². The number of rotatable bonds is 7. The van der Waals surface area contributed by atoms with Crippen LogP contribution in [-0.4, -0.2) is 23.8 Å². The number of hydrogen-bond donors (Lipinski definition) is 1. The van der Waals surface area contributed by atoms with Gasteiger partial charge in [0.1, 0.15) is 0 Å². The van der Waals surface area contributed by atoms with Crippen LogP contribution in [0.5, 0.6) is 0 Å². The zero-order chi connectivity index (χ0) is 16.8. The van der Waals surface area contributed by atoms with Gasteiger partial charge in [0.15, 0.2) is 5.15 Å². The van der Waals surface area contributed by atoms with Gasteiger partial charge < -0.3 is 5.32 Å². The number of benzene rings is 2. The number of nitrogens with zero attached hydrogens (tertiary/aromatic N) is 2. The monoisotopic (exact) mass is 339 g/mol. The Hall–Kier alpha value is -1.97. The lowest BCUT2D eigenvalue weighted by molar-refractivity contribution is 0.545. The average Bonchev–Trinajstić information content (AvgIpc) is 2.64. The van der Waals surface area contributed by atoms with Crippen LogP contribution >= 0.6 is 11.6 Å². The van der Waals surface area contributed by atoms with E-state index in [0.29, 0.717) is 11.1 Å². The highest BCUT2D eigenvalue weighted by molar-refractivity contribution is 6.34. The molecule has 1 atom stereocenters. The molecule has 0 amide bonds. The molecule has 3 nitrogen and oxygen atoms in total. The van der Waals surface area contributed by atoms with Gasteiger partial charge >= 0.3 is 0 Å². The van der Waals surface area contributed by atoms with Crippen molar-refractivity contribution >= 4 is 22.4 Å². The minimum Gasteiger partial charge on any atom is -0.320 e. The van der Waals surface area contributed by atoms with Gasteiger partial charge in [-0.2, -0.15) is 5.10 Å².